The van der Waals surface area contributed by atoms with Crippen molar-refractivity contribution >= 4 is 11.6 Å². The SMILES string of the molecule is CC(=O)c1ccc2c(c1)CC[C@@H]1[C@@H]2CC[C@]2(C)C(=O)CC[C@@H]12. The van der Waals surface area contributed by atoms with Gasteiger partial charge in [0.1, 0.15) is 5.78 Å². The molecule has 1 aromatic carbocycles. The smallest absolute Gasteiger partial charge is 0.159 e. The van der Waals surface area contributed by atoms with Crippen molar-refractivity contribution in [2.45, 2.75) is 58.3 Å². The first-order chi connectivity index (χ1) is 10.5. The highest BCUT2D eigenvalue weighted by Crippen LogP contribution is 2.59. The van der Waals surface area contributed by atoms with Crippen molar-refractivity contribution in [2.75, 3.05) is 0 Å². The molecule has 2 nitrogen and oxygen atoms in total. The summed E-state index contributed by atoms with van der Waals surface area (Å²) in [6.45, 7) is 3.86. The molecule has 0 unspecified atom stereocenters. The summed E-state index contributed by atoms with van der Waals surface area (Å²) in [5, 5.41) is 0. The Morgan fingerprint density at radius 1 is 1.18 bits per heavy atom. The average molecular weight is 296 g/mol. The molecule has 0 radical (unpaired) electrons. The largest absolute Gasteiger partial charge is 0.299 e. The van der Waals surface area contributed by atoms with Crippen LogP contribution in [-0.2, 0) is 11.2 Å². The molecular formula is C20H24O2. The van der Waals surface area contributed by atoms with E-state index in [0.29, 0.717) is 23.5 Å². The van der Waals surface area contributed by atoms with Gasteiger partial charge in [0.15, 0.2) is 5.78 Å². The molecule has 22 heavy (non-hydrogen) atoms. The number of fused-ring (bicyclic) bond motifs is 5. The lowest BCUT2D eigenvalue weighted by Gasteiger charge is -2.48. The second kappa shape index (κ2) is 4.78. The molecule has 3 aliphatic rings. The molecule has 0 saturated heterocycles. The van der Waals surface area contributed by atoms with Crippen LogP contribution in [0.2, 0.25) is 0 Å². The zero-order valence-electron chi connectivity index (χ0n) is 13.5. The Morgan fingerprint density at radius 3 is 2.77 bits per heavy atom. The molecule has 1 aromatic rings. The van der Waals surface area contributed by atoms with Gasteiger partial charge in [0.2, 0.25) is 0 Å². The maximum absolute atomic E-state index is 12.3. The van der Waals surface area contributed by atoms with Gasteiger partial charge < -0.3 is 0 Å². The maximum atomic E-state index is 12.3. The van der Waals surface area contributed by atoms with Crippen LogP contribution >= 0.6 is 0 Å². The summed E-state index contributed by atoms with van der Waals surface area (Å²) >= 11 is 0. The molecule has 0 aromatic heterocycles. The zero-order chi connectivity index (χ0) is 15.5. The third-order valence-electron chi connectivity index (χ3n) is 6.84. The van der Waals surface area contributed by atoms with E-state index in [-0.39, 0.29) is 11.2 Å². The molecule has 3 aliphatic carbocycles. The fraction of sp³-hybridized carbons (Fsp3) is 0.600. The first-order valence-corrected chi connectivity index (χ1v) is 8.68. The van der Waals surface area contributed by atoms with Gasteiger partial charge in [0.25, 0.3) is 0 Å². The van der Waals surface area contributed by atoms with Gasteiger partial charge >= 0.3 is 0 Å². The van der Waals surface area contributed by atoms with Crippen LogP contribution in [0.1, 0.15) is 73.4 Å². The number of carbonyl (C=O) groups excluding carboxylic acids is 2. The molecule has 2 saturated carbocycles. The van der Waals surface area contributed by atoms with E-state index in [4.69, 9.17) is 0 Å². The van der Waals surface area contributed by atoms with Crippen molar-refractivity contribution in [1.29, 1.82) is 0 Å². The van der Waals surface area contributed by atoms with Crippen molar-refractivity contribution in [3.8, 4) is 0 Å². The van der Waals surface area contributed by atoms with Crippen LogP contribution in [0, 0.1) is 17.3 Å². The molecule has 0 amide bonds. The lowest BCUT2D eigenvalue weighted by molar-refractivity contribution is -0.129. The molecule has 0 heterocycles. The molecule has 0 spiro atoms. The van der Waals surface area contributed by atoms with E-state index in [0.717, 1.165) is 37.7 Å². The Morgan fingerprint density at radius 2 is 2.00 bits per heavy atom. The lowest BCUT2D eigenvalue weighted by atomic mass is 9.55. The maximum Gasteiger partial charge on any atom is 0.159 e. The standard InChI is InChI=1S/C20H24O2/c1-12(21)13-3-5-15-14(11-13)4-6-17-16(15)9-10-20(2)18(17)7-8-19(20)22/h3,5,11,16-18H,4,6-10H2,1-2H3/t16-,17-,18+,20+/m1/s1. The first-order valence-electron chi connectivity index (χ1n) is 8.68. The van der Waals surface area contributed by atoms with Crippen LogP contribution in [0.3, 0.4) is 0 Å². The minimum atomic E-state index is -0.0437. The predicted molar refractivity (Wildman–Crippen MR) is 86.1 cm³/mol. The van der Waals surface area contributed by atoms with E-state index in [1.54, 1.807) is 6.92 Å². The number of benzene rings is 1. The summed E-state index contributed by atoms with van der Waals surface area (Å²) in [5.41, 5.74) is 3.64. The summed E-state index contributed by atoms with van der Waals surface area (Å²) in [6.07, 6.45) is 6.32. The second-order valence-corrected chi connectivity index (χ2v) is 7.80. The number of hydrogen-bond donors (Lipinski definition) is 0. The quantitative estimate of drug-likeness (QED) is 0.723. The number of Topliss-reactive ketones (excluding diaryl/α,β-unsaturated/α-hetero) is 2. The molecule has 4 atom stereocenters. The fourth-order valence-corrected chi connectivity index (χ4v) is 5.57. The average Bonchev–Trinajstić information content (AvgIpc) is 2.82. The Bertz CT molecular complexity index is 660. The Balaban J connectivity index is 1.70. The molecule has 0 N–H and O–H groups in total. The summed E-state index contributed by atoms with van der Waals surface area (Å²) < 4.78 is 0. The first kappa shape index (κ1) is 14.2. The number of rotatable bonds is 1. The van der Waals surface area contributed by atoms with Gasteiger partial charge in [-0.05, 0) is 74.0 Å². The van der Waals surface area contributed by atoms with Crippen LogP contribution in [0.25, 0.3) is 0 Å². The zero-order valence-corrected chi connectivity index (χ0v) is 13.5. The van der Waals surface area contributed by atoms with Crippen molar-refractivity contribution in [3.63, 3.8) is 0 Å². The van der Waals surface area contributed by atoms with E-state index in [1.807, 2.05) is 6.07 Å². The van der Waals surface area contributed by atoms with Crippen molar-refractivity contribution in [1.82, 2.24) is 0 Å². The fourth-order valence-electron chi connectivity index (χ4n) is 5.57. The van der Waals surface area contributed by atoms with Crippen LogP contribution in [0.15, 0.2) is 18.2 Å². The van der Waals surface area contributed by atoms with Crippen molar-refractivity contribution in [2.24, 2.45) is 17.3 Å². The summed E-state index contributed by atoms with van der Waals surface area (Å²) in [6, 6.07) is 6.31. The molecule has 0 bridgehead atoms. The van der Waals surface area contributed by atoms with E-state index in [2.05, 4.69) is 19.1 Å². The Kier molecular flexibility index (Phi) is 3.08. The molecule has 4 rings (SSSR count). The van der Waals surface area contributed by atoms with Crippen molar-refractivity contribution < 1.29 is 9.59 Å². The Labute approximate surface area is 132 Å². The van der Waals surface area contributed by atoms with E-state index in [9.17, 15) is 9.59 Å². The Hall–Kier alpha value is -1.44. The van der Waals surface area contributed by atoms with Crippen LogP contribution in [0.4, 0.5) is 0 Å². The summed E-state index contributed by atoms with van der Waals surface area (Å²) in [4.78, 5) is 23.9. The third-order valence-corrected chi connectivity index (χ3v) is 6.84. The van der Waals surface area contributed by atoms with Crippen LogP contribution < -0.4 is 0 Å². The van der Waals surface area contributed by atoms with E-state index in [1.165, 1.54) is 17.5 Å². The summed E-state index contributed by atoms with van der Waals surface area (Å²) in [7, 11) is 0. The highest BCUT2D eigenvalue weighted by molar-refractivity contribution is 5.94. The van der Waals surface area contributed by atoms with Crippen LogP contribution in [-0.4, -0.2) is 11.6 Å². The lowest BCUT2D eigenvalue weighted by Crippen LogP contribution is -2.42. The van der Waals surface area contributed by atoms with Gasteiger partial charge in [-0.1, -0.05) is 19.1 Å². The normalized spacial score (nSPS) is 36.5. The van der Waals surface area contributed by atoms with E-state index < -0.39 is 0 Å². The van der Waals surface area contributed by atoms with Crippen LogP contribution in [0.5, 0.6) is 0 Å². The van der Waals surface area contributed by atoms with Gasteiger partial charge in [0.05, 0.1) is 0 Å². The second-order valence-electron chi connectivity index (χ2n) is 7.80. The minimum Gasteiger partial charge on any atom is -0.299 e. The number of carbonyl (C=O) groups is 2. The van der Waals surface area contributed by atoms with Gasteiger partial charge in [-0.25, -0.2) is 0 Å². The molecular weight excluding hydrogens is 272 g/mol. The summed E-state index contributed by atoms with van der Waals surface area (Å²) in [5.74, 6) is 2.52. The van der Waals surface area contributed by atoms with Gasteiger partial charge in [-0.15, -0.1) is 0 Å². The number of ketones is 2. The number of aryl methyl sites for hydroxylation is 1. The van der Waals surface area contributed by atoms with Gasteiger partial charge in [0, 0.05) is 17.4 Å². The van der Waals surface area contributed by atoms with Crippen molar-refractivity contribution in [3.05, 3.63) is 34.9 Å². The highest BCUT2D eigenvalue weighted by atomic mass is 16.1. The predicted octanol–water partition coefficient (Wildman–Crippen LogP) is 4.31. The molecule has 116 valence electrons. The van der Waals surface area contributed by atoms with E-state index >= 15 is 0 Å². The monoisotopic (exact) mass is 296 g/mol. The molecule has 0 aliphatic heterocycles. The van der Waals surface area contributed by atoms with Gasteiger partial charge in [-0.2, -0.15) is 0 Å². The molecule has 2 fully saturated rings. The van der Waals surface area contributed by atoms with Gasteiger partial charge in [-0.3, -0.25) is 9.59 Å². The highest BCUT2D eigenvalue weighted by Gasteiger charge is 2.54. The third kappa shape index (κ3) is 1.85. The molecule has 2 heteroatoms. The topological polar surface area (TPSA) is 34.1 Å². The number of hydrogen-bond acceptors (Lipinski definition) is 2. The minimum absolute atomic E-state index is 0.0437.